The van der Waals surface area contributed by atoms with Crippen molar-refractivity contribution in [1.82, 2.24) is 5.48 Å². The van der Waals surface area contributed by atoms with Crippen molar-refractivity contribution in [1.29, 1.82) is 0 Å². The molecule has 0 radical (unpaired) electrons. The van der Waals surface area contributed by atoms with Gasteiger partial charge in [-0.15, -0.1) is 0 Å². The number of nitrogens with zero attached hydrogens (tertiary/aromatic N) is 3. The van der Waals surface area contributed by atoms with Crippen molar-refractivity contribution in [2.75, 3.05) is 14.2 Å². The van der Waals surface area contributed by atoms with E-state index in [1.807, 2.05) is 37.3 Å². The molecule has 0 aliphatic carbocycles. The predicted octanol–water partition coefficient (Wildman–Crippen LogP) is 3.52. The number of hydroxylamine groups is 1. The predicted molar refractivity (Wildman–Crippen MR) is 103 cm³/mol. The van der Waals surface area contributed by atoms with Crippen LogP contribution in [-0.4, -0.2) is 37.2 Å². The molecule has 0 bridgehead atoms. The molecule has 0 fully saturated rings. The highest BCUT2D eigenvalue weighted by Crippen LogP contribution is 2.23. The number of amidine groups is 1. The first kappa shape index (κ1) is 19.1. The third-order valence-corrected chi connectivity index (χ3v) is 3.57. The molecule has 0 amide bonds. The van der Waals surface area contributed by atoms with Crippen LogP contribution in [-0.2, 0) is 0 Å². The largest absolute Gasteiger partial charge is 0.497 e. The van der Waals surface area contributed by atoms with Crippen molar-refractivity contribution in [2.24, 2.45) is 15.2 Å². The van der Waals surface area contributed by atoms with Crippen LogP contribution in [0.2, 0.25) is 0 Å². The molecule has 136 valence electrons. The molecule has 2 aromatic rings. The first-order valence-corrected chi connectivity index (χ1v) is 7.93. The second-order valence-corrected chi connectivity index (χ2v) is 5.45. The summed E-state index contributed by atoms with van der Waals surface area (Å²) < 4.78 is 10.5. The van der Waals surface area contributed by atoms with Gasteiger partial charge < -0.3 is 9.47 Å². The van der Waals surface area contributed by atoms with E-state index in [9.17, 15) is 5.21 Å². The average Bonchev–Trinajstić information content (AvgIpc) is 2.67. The zero-order chi connectivity index (χ0) is 18.9. The fourth-order valence-corrected chi connectivity index (χ4v) is 2.09. The van der Waals surface area contributed by atoms with Crippen molar-refractivity contribution in [3.8, 4) is 11.5 Å². The minimum atomic E-state index is 0.215. The summed E-state index contributed by atoms with van der Waals surface area (Å²) in [5.41, 5.74) is 5.06. The van der Waals surface area contributed by atoms with Crippen LogP contribution in [0, 0.1) is 6.92 Å². The summed E-state index contributed by atoms with van der Waals surface area (Å²) >= 11 is 0. The molecule has 26 heavy (non-hydrogen) atoms. The molecule has 7 nitrogen and oxygen atoms in total. The Balaban J connectivity index is 2.19. The molecule has 0 heterocycles. The van der Waals surface area contributed by atoms with Gasteiger partial charge in [0.2, 0.25) is 0 Å². The van der Waals surface area contributed by atoms with Crippen LogP contribution in [0.4, 0.5) is 5.69 Å². The number of aliphatic imine (C=N–C) groups is 1. The summed E-state index contributed by atoms with van der Waals surface area (Å²) in [6, 6.07) is 13.0. The molecular weight excluding hydrogens is 332 g/mol. The zero-order valence-electron chi connectivity index (χ0n) is 15.2. The van der Waals surface area contributed by atoms with Gasteiger partial charge >= 0.3 is 0 Å². The first-order chi connectivity index (χ1) is 12.6. The van der Waals surface area contributed by atoms with Crippen molar-refractivity contribution >= 4 is 23.4 Å². The minimum absolute atomic E-state index is 0.215. The van der Waals surface area contributed by atoms with E-state index < -0.39 is 0 Å². The van der Waals surface area contributed by atoms with E-state index in [0.29, 0.717) is 22.9 Å². The Morgan fingerprint density at radius 2 is 1.81 bits per heavy atom. The number of benzene rings is 2. The Kier molecular flexibility index (Phi) is 6.87. The summed E-state index contributed by atoms with van der Waals surface area (Å²) in [5, 5.41) is 17.4. The molecule has 0 aliphatic rings. The number of nitrogens with one attached hydrogen (secondary N) is 1. The topological polar surface area (TPSA) is 87.8 Å². The van der Waals surface area contributed by atoms with Crippen LogP contribution in [0.1, 0.15) is 18.1 Å². The Hall–Kier alpha value is -3.19. The van der Waals surface area contributed by atoms with Gasteiger partial charge in [0.05, 0.1) is 26.1 Å². The molecule has 2 rings (SSSR count). The SMILES string of the molecule is COc1ccc(C=NN=C(C)C(=Nc2ccc(C)cc2)NO)c(OC)c1. The molecule has 0 atom stereocenters. The summed E-state index contributed by atoms with van der Waals surface area (Å²) in [7, 11) is 3.16. The van der Waals surface area contributed by atoms with Gasteiger partial charge in [-0.2, -0.15) is 10.2 Å². The highest BCUT2D eigenvalue weighted by atomic mass is 16.5. The van der Waals surface area contributed by atoms with Gasteiger partial charge in [0.15, 0.2) is 5.84 Å². The lowest BCUT2D eigenvalue weighted by Crippen LogP contribution is -2.26. The van der Waals surface area contributed by atoms with E-state index in [1.165, 1.54) is 0 Å². The third kappa shape index (κ3) is 5.15. The average molecular weight is 354 g/mol. The number of rotatable bonds is 6. The summed E-state index contributed by atoms with van der Waals surface area (Å²) in [4.78, 5) is 4.31. The molecule has 0 saturated heterocycles. The maximum absolute atomic E-state index is 9.32. The molecule has 0 aliphatic heterocycles. The Morgan fingerprint density at radius 3 is 2.42 bits per heavy atom. The number of methoxy groups -OCH3 is 2. The lowest BCUT2D eigenvalue weighted by atomic mass is 10.2. The number of aryl methyl sites for hydroxylation is 1. The van der Waals surface area contributed by atoms with Crippen LogP contribution in [0.5, 0.6) is 11.5 Å². The van der Waals surface area contributed by atoms with Gasteiger partial charge in [0.25, 0.3) is 0 Å². The molecular formula is C19H22N4O3. The van der Waals surface area contributed by atoms with E-state index in [2.05, 4.69) is 20.7 Å². The monoisotopic (exact) mass is 354 g/mol. The van der Waals surface area contributed by atoms with Crippen LogP contribution in [0.15, 0.2) is 57.7 Å². The van der Waals surface area contributed by atoms with Gasteiger partial charge in [-0.3, -0.25) is 10.7 Å². The molecule has 2 aromatic carbocycles. The molecule has 7 heteroatoms. The summed E-state index contributed by atoms with van der Waals surface area (Å²) in [6.07, 6.45) is 1.56. The fraction of sp³-hybridized carbons (Fsp3) is 0.211. The van der Waals surface area contributed by atoms with Crippen LogP contribution < -0.4 is 15.0 Å². The Labute approximate surface area is 152 Å². The van der Waals surface area contributed by atoms with Gasteiger partial charge in [-0.25, -0.2) is 4.99 Å². The highest BCUT2D eigenvalue weighted by Gasteiger charge is 2.04. The van der Waals surface area contributed by atoms with E-state index >= 15 is 0 Å². The molecule has 0 aromatic heterocycles. The van der Waals surface area contributed by atoms with Crippen LogP contribution in [0.25, 0.3) is 0 Å². The van der Waals surface area contributed by atoms with E-state index in [1.54, 1.807) is 39.5 Å². The second-order valence-electron chi connectivity index (χ2n) is 5.45. The van der Waals surface area contributed by atoms with E-state index in [4.69, 9.17) is 9.47 Å². The van der Waals surface area contributed by atoms with Gasteiger partial charge in [-0.05, 0) is 38.1 Å². The lowest BCUT2D eigenvalue weighted by molar-refractivity contribution is 0.236. The van der Waals surface area contributed by atoms with Crippen molar-refractivity contribution in [2.45, 2.75) is 13.8 Å². The van der Waals surface area contributed by atoms with Gasteiger partial charge in [-0.1, -0.05) is 17.7 Å². The maximum Gasteiger partial charge on any atom is 0.173 e. The minimum Gasteiger partial charge on any atom is -0.497 e. The highest BCUT2D eigenvalue weighted by molar-refractivity contribution is 6.40. The lowest BCUT2D eigenvalue weighted by Gasteiger charge is -2.06. The summed E-state index contributed by atoms with van der Waals surface area (Å²) in [5.74, 6) is 1.53. The molecule has 2 N–H and O–H groups in total. The summed E-state index contributed by atoms with van der Waals surface area (Å²) in [6.45, 7) is 3.69. The normalized spacial score (nSPS) is 12.3. The van der Waals surface area contributed by atoms with E-state index in [-0.39, 0.29) is 5.84 Å². The Bertz CT molecular complexity index is 827. The zero-order valence-corrected chi connectivity index (χ0v) is 15.2. The smallest absolute Gasteiger partial charge is 0.173 e. The molecule has 0 saturated carbocycles. The number of hydrogen-bond acceptors (Lipinski definition) is 6. The third-order valence-electron chi connectivity index (χ3n) is 3.57. The molecule has 0 unspecified atom stereocenters. The Morgan fingerprint density at radius 1 is 1.08 bits per heavy atom. The molecule has 0 spiro atoms. The quantitative estimate of drug-likeness (QED) is 0.472. The first-order valence-electron chi connectivity index (χ1n) is 7.93. The standard InChI is InChI=1S/C19H22N4O3/c1-13-5-8-16(9-6-13)21-19(23-24)14(2)22-20-12-15-7-10-17(25-3)11-18(15)26-4/h5-12,24H,1-4H3,(H,21,23). The van der Waals surface area contributed by atoms with E-state index in [0.717, 1.165) is 11.1 Å². The van der Waals surface area contributed by atoms with Crippen molar-refractivity contribution in [3.63, 3.8) is 0 Å². The van der Waals surface area contributed by atoms with Crippen molar-refractivity contribution < 1.29 is 14.7 Å². The van der Waals surface area contributed by atoms with Gasteiger partial charge in [0, 0.05) is 11.6 Å². The van der Waals surface area contributed by atoms with Crippen LogP contribution in [0.3, 0.4) is 0 Å². The van der Waals surface area contributed by atoms with Gasteiger partial charge in [0.1, 0.15) is 17.2 Å². The number of hydrogen-bond donors (Lipinski definition) is 2. The van der Waals surface area contributed by atoms with Crippen LogP contribution >= 0.6 is 0 Å². The number of ether oxygens (including phenoxy) is 2. The fourth-order valence-electron chi connectivity index (χ4n) is 2.09. The van der Waals surface area contributed by atoms with Crippen molar-refractivity contribution in [3.05, 3.63) is 53.6 Å². The second kappa shape index (κ2) is 9.33. The maximum atomic E-state index is 9.32.